The summed E-state index contributed by atoms with van der Waals surface area (Å²) in [5, 5.41) is 0. The average Bonchev–Trinajstić information content (AvgIpc) is 2.44. The number of carbonyl (C=O) groups is 1. The number of carbonyl (C=O) groups excluding carboxylic acids is 1. The second-order valence-electron chi connectivity index (χ2n) is 3.99. The molecule has 0 spiro atoms. The maximum Gasteiger partial charge on any atom is 0.338 e. The van der Waals surface area contributed by atoms with Crippen LogP contribution in [0.15, 0.2) is 48.8 Å². The molecule has 1 aromatic rings. The predicted molar refractivity (Wildman–Crippen MR) is 76.0 cm³/mol. The molecule has 0 atom stereocenters. The number of allylic oxidation sites excluding steroid dienone is 3. The Labute approximate surface area is 114 Å². The molecule has 0 saturated heterocycles. The lowest BCUT2D eigenvalue weighted by atomic mass is 10.1. The zero-order valence-electron chi connectivity index (χ0n) is 11.5. The van der Waals surface area contributed by atoms with E-state index < -0.39 is 0 Å². The van der Waals surface area contributed by atoms with Crippen LogP contribution in [0.2, 0.25) is 0 Å². The van der Waals surface area contributed by atoms with E-state index in [0.29, 0.717) is 12.2 Å². The van der Waals surface area contributed by atoms with Crippen molar-refractivity contribution in [1.29, 1.82) is 0 Å². The van der Waals surface area contributed by atoms with Crippen LogP contribution in [0, 0.1) is 0 Å². The van der Waals surface area contributed by atoms with E-state index in [1.807, 2.05) is 18.2 Å². The Balaban J connectivity index is 2.59. The molecule has 3 heteroatoms. The first-order valence-corrected chi connectivity index (χ1v) is 6.33. The van der Waals surface area contributed by atoms with Gasteiger partial charge in [0.2, 0.25) is 0 Å². The molecule has 0 aliphatic carbocycles. The summed E-state index contributed by atoms with van der Waals surface area (Å²) in [6.45, 7) is 5.83. The van der Waals surface area contributed by atoms with Gasteiger partial charge in [0.25, 0.3) is 0 Å². The fourth-order valence-electron chi connectivity index (χ4n) is 1.67. The summed E-state index contributed by atoms with van der Waals surface area (Å²) in [4.78, 5) is 11.5. The number of hydrogen-bond donors (Lipinski definition) is 0. The molecular weight excluding hydrogens is 240 g/mol. The zero-order valence-corrected chi connectivity index (χ0v) is 11.5. The van der Waals surface area contributed by atoms with Gasteiger partial charge < -0.3 is 9.47 Å². The number of hydrogen-bond acceptors (Lipinski definition) is 3. The van der Waals surface area contributed by atoms with Gasteiger partial charge in [-0.3, -0.25) is 0 Å². The van der Waals surface area contributed by atoms with Crippen LogP contribution >= 0.6 is 0 Å². The third-order valence-electron chi connectivity index (χ3n) is 2.69. The lowest BCUT2D eigenvalue weighted by Gasteiger charge is -2.06. The minimum absolute atomic E-state index is 0.279. The van der Waals surface area contributed by atoms with Gasteiger partial charge in [0.05, 0.1) is 25.0 Å². The van der Waals surface area contributed by atoms with Crippen LogP contribution in [0.1, 0.15) is 29.3 Å². The van der Waals surface area contributed by atoms with Gasteiger partial charge in [-0.05, 0) is 37.1 Å². The number of ether oxygens (including phenoxy) is 2. The zero-order chi connectivity index (χ0) is 14.1. The van der Waals surface area contributed by atoms with Crippen molar-refractivity contribution in [2.24, 2.45) is 0 Å². The number of aryl methyl sites for hydroxylation is 1. The number of rotatable bonds is 7. The summed E-state index contributed by atoms with van der Waals surface area (Å²) in [5.74, 6) is 0.614. The highest BCUT2D eigenvalue weighted by Crippen LogP contribution is 2.12. The lowest BCUT2D eigenvalue weighted by Crippen LogP contribution is -2.04. The van der Waals surface area contributed by atoms with Crippen LogP contribution in [0.3, 0.4) is 0 Å². The largest absolute Gasteiger partial charge is 0.501 e. The van der Waals surface area contributed by atoms with Crippen LogP contribution in [0.5, 0.6) is 0 Å². The average molecular weight is 260 g/mol. The van der Waals surface area contributed by atoms with E-state index in [9.17, 15) is 4.79 Å². The van der Waals surface area contributed by atoms with E-state index in [4.69, 9.17) is 9.47 Å². The van der Waals surface area contributed by atoms with Gasteiger partial charge in [0.15, 0.2) is 0 Å². The first-order valence-electron chi connectivity index (χ1n) is 6.33. The molecule has 0 aliphatic rings. The highest BCUT2D eigenvalue weighted by atomic mass is 16.5. The minimum atomic E-state index is -0.279. The minimum Gasteiger partial charge on any atom is -0.501 e. The highest BCUT2D eigenvalue weighted by molar-refractivity contribution is 5.89. The van der Waals surface area contributed by atoms with Crippen molar-refractivity contribution in [3.8, 4) is 0 Å². The summed E-state index contributed by atoms with van der Waals surface area (Å²) in [6, 6.07) is 7.45. The summed E-state index contributed by atoms with van der Waals surface area (Å²) in [5.41, 5.74) is 1.74. The van der Waals surface area contributed by atoms with Crippen molar-refractivity contribution < 1.29 is 14.3 Å². The first kappa shape index (κ1) is 15.0. The third-order valence-corrected chi connectivity index (χ3v) is 2.69. The number of esters is 1. The molecule has 0 saturated carbocycles. The van der Waals surface area contributed by atoms with Crippen molar-refractivity contribution >= 4 is 5.97 Å². The number of benzene rings is 1. The molecule has 0 N–H and O–H groups in total. The maximum absolute atomic E-state index is 11.5. The van der Waals surface area contributed by atoms with E-state index in [0.717, 1.165) is 24.2 Å². The lowest BCUT2D eigenvalue weighted by molar-refractivity contribution is 0.0526. The van der Waals surface area contributed by atoms with E-state index in [-0.39, 0.29) is 5.97 Å². The molecule has 0 fully saturated rings. The van der Waals surface area contributed by atoms with Gasteiger partial charge in [0, 0.05) is 6.42 Å². The Morgan fingerprint density at radius 3 is 2.53 bits per heavy atom. The van der Waals surface area contributed by atoms with Crippen LogP contribution in [0.25, 0.3) is 0 Å². The Kier molecular flexibility index (Phi) is 6.44. The monoisotopic (exact) mass is 260 g/mol. The maximum atomic E-state index is 11.5. The molecule has 3 nitrogen and oxygen atoms in total. The fraction of sp³-hybridized carbons (Fsp3) is 0.312. The van der Waals surface area contributed by atoms with Crippen LogP contribution in [0.4, 0.5) is 0 Å². The Bertz CT molecular complexity index is 444. The first-order chi connectivity index (χ1) is 9.21. The Hall–Kier alpha value is -2.03. The third kappa shape index (κ3) is 5.00. The second-order valence-corrected chi connectivity index (χ2v) is 3.99. The Morgan fingerprint density at radius 2 is 2.00 bits per heavy atom. The van der Waals surface area contributed by atoms with E-state index in [1.165, 1.54) is 0 Å². The van der Waals surface area contributed by atoms with Crippen molar-refractivity contribution in [3.63, 3.8) is 0 Å². The molecule has 0 aromatic heterocycles. The predicted octanol–water partition coefficient (Wildman–Crippen LogP) is 3.51. The van der Waals surface area contributed by atoms with Gasteiger partial charge in [-0.25, -0.2) is 4.79 Å². The van der Waals surface area contributed by atoms with E-state index in [2.05, 4.69) is 6.58 Å². The molecule has 102 valence electrons. The molecule has 1 aromatic carbocycles. The fourth-order valence-corrected chi connectivity index (χ4v) is 1.67. The summed E-state index contributed by atoms with van der Waals surface area (Å²) < 4.78 is 10.2. The van der Waals surface area contributed by atoms with E-state index >= 15 is 0 Å². The van der Waals surface area contributed by atoms with Crippen LogP contribution < -0.4 is 0 Å². The molecule has 1 rings (SSSR count). The molecule has 19 heavy (non-hydrogen) atoms. The topological polar surface area (TPSA) is 35.5 Å². The molecule has 0 radical (unpaired) electrons. The van der Waals surface area contributed by atoms with Gasteiger partial charge >= 0.3 is 5.97 Å². The standard InChI is InChI=1S/C16H20O3/c1-4-6-15(18-3)12-9-13-7-10-14(11-8-13)16(17)19-5-2/h4,6-8,10-11H,1,5,9,12H2,2-3H3/b15-6-. The molecule has 0 amide bonds. The van der Waals surface area contributed by atoms with Crippen molar-refractivity contribution in [1.82, 2.24) is 0 Å². The summed E-state index contributed by atoms with van der Waals surface area (Å²) in [6.07, 6.45) is 5.23. The second kappa shape index (κ2) is 8.14. The van der Waals surface area contributed by atoms with Crippen molar-refractivity contribution in [2.75, 3.05) is 13.7 Å². The normalized spacial score (nSPS) is 10.9. The van der Waals surface area contributed by atoms with Crippen LogP contribution in [-0.2, 0) is 15.9 Å². The van der Waals surface area contributed by atoms with Crippen molar-refractivity contribution in [3.05, 3.63) is 59.9 Å². The van der Waals surface area contributed by atoms with Crippen LogP contribution in [-0.4, -0.2) is 19.7 Å². The summed E-state index contributed by atoms with van der Waals surface area (Å²) >= 11 is 0. The molecule has 0 unspecified atom stereocenters. The molecular formula is C16H20O3. The van der Waals surface area contributed by atoms with Gasteiger partial charge in [-0.15, -0.1) is 0 Å². The van der Waals surface area contributed by atoms with Gasteiger partial charge in [0.1, 0.15) is 0 Å². The molecule has 0 aliphatic heterocycles. The highest BCUT2D eigenvalue weighted by Gasteiger charge is 2.05. The van der Waals surface area contributed by atoms with Crippen molar-refractivity contribution in [2.45, 2.75) is 19.8 Å². The quantitative estimate of drug-likeness (QED) is 0.427. The smallest absolute Gasteiger partial charge is 0.338 e. The molecule has 0 heterocycles. The molecule has 0 bridgehead atoms. The van der Waals surface area contributed by atoms with Gasteiger partial charge in [-0.1, -0.05) is 24.8 Å². The number of methoxy groups -OCH3 is 1. The van der Waals surface area contributed by atoms with Gasteiger partial charge in [-0.2, -0.15) is 0 Å². The Morgan fingerprint density at radius 1 is 1.32 bits per heavy atom. The summed E-state index contributed by atoms with van der Waals surface area (Å²) in [7, 11) is 1.65. The SMILES string of the molecule is C=C/C=C(/CCc1ccc(C(=O)OCC)cc1)OC. The van der Waals surface area contributed by atoms with E-state index in [1.54, 1.807) is 32.2 Å².